The first kappa shape index (κ1) is 13.6. The molecule has 0 amide bonds. The van der Waals surface area contributed by atoms with Crippen LogP contribution >= 0.6 is 15.9 Å². The van der Waals surface area contributed by atoms with Crippen LogP contribution in [0.1, 0.15) is 11.4 Å². The molecule has 3 N–H and O–H groups in total. The normalized spacial score (nSPS) is 10.7. The summed E-state index contributed by atoms with van der Waals surface area (Å²) in [6, 6.07) is 12.8. The summed E-state index contributed by atoms with van der Waals surface area (Å²) < 4.78 is 6.23. The predicted octanol–water partition coefficient (Wildman–Crippen LogP) is 3.38. The van der Waals surface area contributed by atoms with Gasteiger partial charge in [-0.05, 0) is 35.9 Å². The number of phenolic OH excluding ortho intramolecular Hbond substituents is 1. The van der Waals surface area contributed by atoms with E-state index in [0.29, 0.717) is 29.4 Å². The summed E-state index contributed by atoms with van der Waals surface area (Å²) >= 11 is 3.43. The van der Waals surface area contributed by atoms with Gasteiger partial charge in [0.1, 0.15) is 5.75 Å². The second-order valence-electron chi connectivity index (χ2n) is 4.60. The fourth-order valence-electron chi connectivity index (χ4n) is 1.95. The lowest BCUT2D eigenvalue weighted by molar-refractivity contribution is 0.423. The Morgan fingerprint density at radius 3 is 2.81 bits per heavy atom. The fourth-order valence-corrected chi connectivity index (χ4v) is 2.40. The van der Waals surface area contributed by atoms with Crippen LogP contribution in [0, 0.1) is 0 Å². The molecule has 0 aliphatic rings. The highest BCUT2D eigenvalue weighted by Crippen LogP contribution is 2.27. The second-order valence-corrected chi connectivity index (χ2v) is 5.51. The minimum absolute atomic E-state index is 0.000704. The molecule has 3 aromatic rings. The Morgan fingerprint density at radius 1 is 1.19 bits per heavy atom. The standard InChI is InChI=1S/C15H12BrN3O2/c16-11-3-1-2-9(6-11)7-14-18-15(21-19-14)10-4-5-12(17)13(20)8-10/h1-6,8,20H,7,17H2. The molecule has 3 rings (SSSR count). The highest BCUT2D eigenvalue weighted by molar-refractivity contribution is 9.10. The van der Waals surface area contributed by atoms with Gasteiger partial charge in [-0.2, -0.15) is 4.98 Å². The topological polar surface area (TPSA) is 85.2 Å². The van der Waals surface area contributed by atoms with Crippen molar-refractivity contribution in [2.75, 3.05) is 5.73 Å². The van der Waals surface area contributed by atoms with Crippen molar-refractivity contribution in [1.82, 2.24) is 10.1 Å². The van der Waals surface area contributed by atoms with Crippen molar-refractivity contribution in [1.29, 1.82) is 0 Å². The molecule has 21 heavy (non-hydrogen) atoms. The van der Waals surface area contributed by atoms with Crippen LogP contribution in [0.4, 0.5) is 5.69 Å². The van der Waals surface area contributed by atoms with Crippen LogP contribution in [0.3, 0.4) is 0 Å². The summed E-state index contributed by atoms with van der Waals surface area (Å²) in [6.07, 6.45) is 0.573. The van der Waals surface area contributed by atoms with Crippen molar-refractivity contribution in [3.8, 4) is 17.2 Å². The van der Waals surface area contributed by atoms with Gasteiger partial charge in [-0.15, -0.1) is 0 Å². The summed E-state index contributed by atoms with van der Waals surface area (Å²) in [6.45, 7) is 0. The van der Waals surface area contributed by atoms with Gasteiger partial charge < -0.3 is 15.4 Å². The molecule has 0 fully saturated rings. The zero-order valence-corrected chi connectivity index (χ0v) is 12.5. The van der Waals surface area contributed by atoms with Crippen molar-refractivity contribution in [2.45, 2.75) is 6.42 Å². The predicted molar refractivity (Wildman–Crippen MR) is 82.8 cm³/mol. The highest BCUT2D eigenvalue weighted by atomic mass is 79.9. The lowest BCUT2D eigenvalue weighted by Crippen LogP contribution is -1.91. The zero-order valence-electron chi connectivity index (χ0n) is 11.0. The molecule has 0 aliphatic carbocycles. The molecule has 0 spiro atoms. The van der Waals surface area contributed by atoms with Crippen molar-refractivity contribution >= 4 is 21.6 Å². The number of halogens is 1. The van der Waals surface area contributed by atoms with Gasteiger partial charge in [0.2, 0.25) is 0 Å². The Kier molecular flexibility index (Phi) is 3.62. The quantitative estimate of drug-likeness (QED) is 0.561. The molecule has 0 atom stereocenters. The molecule has 0 saturated heterocycles. The number of nitrogens with zero attached hydrogens (tertiary/aromatic N) is 2. The Hall–Kier alpha value is -2.34. The third-order valence-electron chi connectivity index (χ3n) is 3.00. The van der Waals surface area contributed by atoms with Crippen LogP contribution in [0.2, 0.25) is 0 Å². The lowest BCUT2D eigenvalue weighted by atomic mass is 10.1. The number of rotatable bonds is 3. The zero-order chi connectivity index (χ0) is 14.8. The highest BCUT2D eigenvalue weighted by Gasteiger charge is 2.11. The summed E-state index contributed by atoms with van der Waals surface area (Å²) in [7, 11) is 0. The van der Waals surface area contributed by atoms with Gasteiger partial charge in [-0.3, -0.25) is 0 Å². The number of aromatic hydroxyl groups is 1. The Morgan fingerprint density at radius 2 is 2.05 bits per heavy atom. The molecule has 1 heterocycles. The fraction of sp³-hybridized carbons (Fsp3) is 0.0667. The van der Waals surface area contributed by atoms with E-state index < -0.39 is 0 Å². The van der Waals surface area contributed by atoms with Crippen molar-refractivity contribution < 1.29 is 9.63 Å². The first-order chi connectivity index (χ1) is 10.1. The minimum atomic E-state index is -0.000704. The smallest absolute Gasteiger partial charge is 0.258 e. The monoisotopic (exact) mass is 345 g/mol. The molecule has 0 saturated carbocycles. The van der Waals surface area contributed by atoms with E-state index in [0.717, 1.165) is 10.0 Å². The molecular weight excluding hydrogens is 334 g/mol. The van der Waals surface area contributed by atoms with E-state index in [2.05, 4.69) is 26.1 Å². The average Bonchev–Trinajstić information content (AvgIpc) is 2.90. The largest absolute Gasteiger partial charge is 0.506 e. The van der Waals surface area contributed by atoms with Gasteiger partial charge in [0.25, 0.3) is 5.89 Å². The summed E-state index contributed by atoms with van der Waals surface area (Å²) in [4.78, 5) is 4.33. The first-order valence-corrected chi connectivity index (χ1v) is 7.07. The molecule has 106 valence electrons. The van der Waals surface area contributed by atoms with Gasteiger partial charge >= 0.3 is 0 Å². The number of nitrogen functional groups attached to an aromatic ring is 1. The number of benzene rings is 2. The van der Waals surface area contributed by atoms with E-state index in [1.807, 2.05) is 24.3 Å². The molecule has 2 aromatic carbocycles. The number of aromatic nitrogens is 2. The third-order valence-corrected chi connectivity index (χ3v) is 3.49. The van der Waals surface area contributed by atoms with Crippen LogP contribution < -0.4 is 5.73 Å². The Bertz CT molecular complexity index is 786. The third kappa shape index (κ3) is 3.05. The van der Waals surface area contributed by atoms with Crippen LogP contribution in [0.25, 0.3) is 11.5 Å². The molecule has 0 radical (unpaired) electrons. The number of phenols is 1. The van der Waals surface area contributed by atoms with Crippen molar-refractivity contribution in [3.63, 3.8) is 0 Å². The van der Waals surface area contributed by atoms with E-state index in [9.17, 15) is 5.11 Å². The maximum absolute atomic E-state index is 9.61. The molecule has 0 bridgehead atoms. The SMILES string of the molecule is Nc1ccc(-c2nc(Cc3cccc(Br)c3)no2)cc1O. The van der Waals surface area contributed by atoms with Gasteiger partial charge in [-0.25, -0.2) is 0 Å². The minimum Gasteiger partial charge on any atom is -0.506 e. The summed E-state index contributed by atoms with van der Waals surface area (Å²) in [5.41, 5.74) is 7.59. The second kappa shape index (κ2) is 5.57. The molecular formula is C15H12BrN3O2. The molecule has 1 aromatic heterocycles. The van der Waals surface area contributed by atoms with Crippen molar-refractivity contribution in [3.05, 3.63) is 58.3 Å². The maximum atomic E-state index is 9.61. The molecule has 0 aliphatic heterocycles. The van der Waals surface area contributed by atoms with E-state index >= 15 is 0 Å². The lowest BCUT2D eigenvalue weighted by Gasteiger charge is -1.99. The average molecular weight is 346 g/mol. The number of nitrogens with two attached hydrogens (primary N) is 1. The van der Waals surface area contributed by atoms with Crippen LogP contribution in [-0.4, -0.2) is 15.2 Å². The van der Waals surface area contributed by atoms with E-state index in [1.54, 1.807) is 12.1 Å². The first-order valence-electron chi connectivity index (χ1n) is 6.28. The number of hydrogen-bond donors (Lipinski definition) is 2. The summed E-state index contributed by atoms with van der Waals surface area (Å²) in [5, 5.41) is 13.6. The van der Waals surface area contributed by atoms with Gasteiger partial charge in [0.05, 0.1) is 5.69 Å². The van der Waals surface area contributed by atoms with E-state index in [1.165, 1.54) is 6.07 Å². The molecule has 5 nitrogen and oxygen atoms in total. The molecule has 0 unspecified atom stereocenters. The Labute approximate surface area is 129 Å². The van der Waals surface area contributed by atoms with Crippen LogP contribution in [0.15, 0.2) is 51.5 Å². The number of hydrogen-bond acceptors (Lipinski definition) is 5. The molecule has 6 heteroatoms. The van der Waals surface area contributed by atoms with Crippen molar-refractivity contribution in [2.24, 2.45) is 0 Å². The van der Waals surface area contributed by atoms with Gasteiger partial charge in [0, 0.05) is 16.5 Å². The van der Waals surface area contributed by atoms with E-state index in [4.69, 9.17) is 10.3 Å². The van der Waals surface area contributed by atoms with E-state index in [-0.39, 0.29) is 5.75 Å². The maximum Gasteiger partial charge on any atom is 0.258 e. The summed E-state index contributed by atoms with van der Waals surface area (Å²) in [5.74, 6) is 0.939. The van der Waals surface area contributed by atoms with Gasteiger partial charge in [0.15, 0.2) is 5.82 Å². The van der Waals surface area contributed by atoms with Crippen LogP contribution in [0.5, 0.6) is 5.75 Å². The van der Waals surface area contributed by atoms with Gasteiger partial charge in [-0.1, -0.05) is 33.2 Å². The number of anilines is 1. The van der Waals surface area contributed by atoms with Crippen LogP contribution in [-0.2, 0) is 6.42 Å². The Balaban J connectivity index is 1.84.